The highest BCUT2D eigenvalue weighted by Gasteiger charge is 2.62. The van der Waals surface area contributed by atoms with Crippen molar-refractivity contribution in [1.29, 1.82) is 0 Å². The maximum absolute atomic E-state index is 15.2. The van der Waals surface area contributed by atoms with Crippen LogP contribution < -0.4 is 0 Å². The highest BCUT2D eigenvalue weighted by Crippen LogP contribution is 2.57. The molecular weight excluding hydrogens is 307 g/mol. The molecule has 0 N–H and O–H groups in total. The molecule has 1 unspecified atom stereocenters. The summed E-state index contributed by atoms with van der Waals surface area (Å²) in [7, 11) is 0. The van der Waals surface area contributed by atoms with Crippen molar-refractivity contribution >= 4 is 16.8 Å². The summed E-state index contributed by atoms with van der Waals surface area (Å²) in [6.07, 6.45) is 0. The number of hydrogen-bond acceptors (Lipinski definition) is 2. The molecule has 0 amide bonds. The number of aliphatic imine (C=N–C) groups is 1. The molecule has 0 saturated carbocycles. The summed E-state index contributed by atoms with van der Waals surface area (Å²) in [4.78, 5) is 3.39. The van der Waals surface area contributed by atoms with Crippen LogP contribution in [0, 0.1) is 13.8 Å². The minimum absolute atomic E-state index is 0.0302. The van der Waals surface area contributed by atoms with Crippen molar-refractivity contribution in [1.82, 2.24) is 0 Å². The van der Waals surface area contributed by atoms with Crippen LogP contribution in [0.1, 0.15) is 22.3 Å². The van der Waals surface area contributed by atoms with Gasteiger partial charge in [-0.25, -0.2) is 9.38 Å². The molecule has 0 bridgehead atoms. The Bertz CT molecular complexity index is 757. The van der Waals surface area contributed by atoms with Gasteiger partial charge in [-0.05, 0) is 25.0 Å². The Labute approximate surface area is 131 Å². The van der Waals surface area contributed by atoms with Crippen LogP contribution >= 0.6 is 11.8 Å². The lowest BCUT2D eigenvalue weighted by Crippen LogP contribution is -2.34. The number of halogens is 3. The van der Waals surface area contributed by atoms with E-state index in [-0.39, 0.29) is 10.6 Å². The number of hydrogen-bond donors (Lipinski definition) is 0. The van der Waals surface area contributed by atoms with Gasteiger partial charge in [0.15, 0.2) is 0 Å². The van der Waals surface area contributed by atoms with Gasteiger partial charge in [0, 0.05) is 11.1 Å². The maximum atomic E-state index is 15.2. The van der Waals surface area contributed by atoms with Gasteiger partial charge in [0.05, 0.1) is 0 Å². The van der Waals surface area contributed by atoms with Crippen molar-refractivity contribution < 1.29 is 13.2 Å². The molecular formula is C17H14F3NS. The van der Waals surface area contributed by atoms with Crippen molar-refractivity contribution in [3.8, 4) is 0 Å². The molecule has 0 spiro atoms. The van der Waals surface area contributed by atoms with Crippen molar-refractivity contribution in [3.05, 3.63) is 70.8 Å². The van der Waals surface area contributed by atoms with Crippen LogP contribution in [0.3, 0.4) is 0 Å². The molecule has 1 nitrogen and oxygen atoms in total. The highest BCUT2D eigenvalue weighted by molar-refractivity contribution is 8.15. The zero-order chi connectivity index (χ0) is 16.0. The highest BCUT2D eigenvalue weighted by atomic mass is 32.2. The summed E-state index contributed by atoms with van der Waals surface area (Å²) in [5, 5.41) is -2.84. The lowest BCUT2D eigenvalue weighted by atomic mass is 10.0. The third kappa shape index (κ3) is 2.24. The van der Waals surface area contributed by atoms with Crippen LogP contribution in [-0.4, -0.2) is 11.1 Å². The van der Waals surface area contributed by atoms with Gasteiger partial charge in [0.1, 0.15) is 5.04 Å². The van der Waals surface area contributed by atoms with Gasteiger partial charge < -0.3 is 0 Å². The molecule has 22 heavy (non-hydrogen) atoms. The van der Waals surface area contributed by atoms with Gasteiger partial charge in [-0.15, -0.1) is 0 Å². The summed E-state index contributed by atoms with van der Waals surface area (Å²) in [6, 6.07) is 9.49. The SMILES string of the molecule is Cc1ccccc1C1=NC(F)(F)C(F)(c2ccccc2C)S1. The van der Waals surface area contributed by atoms with E-state index in [9.17, 15) is 8.78 Å². The minimum Gasteiger partial charge on any atom is -0.217 e. The monoisotopic (exact) mass is 321 g/mol. The second kappa shape index (κ2) is 5.16. The Morgan fingerprint density at radius 1 is 0.864 bits per heavy atom. The largest absolute Gasteiger partial charge is 0.391 e. The van der Waals surface area contributed by atoms with Crippen LogP contribution in [0.25, 0.3) is 0 Å². The number of alkyl halides is 3. The zero-order valence-corrected chi connectivity index (χ0v) is 12.9. The Morgan fingerprint density at radius 2 is 1.45 bits per heavy atom. The first-order valence-electron chi connectivity index (χ1n) is 6.83. The van der Waals surface area contributed by atoms with E-state index in [0.717, 1.165) is 5.56 Å². The molecule has 0 aliphatic carbocycles. The smallest absolute Gasteiger partial charge is 0.217 e. The fraction of sp³-hybridized carbons (Fsp3) is 0.235. The number of nitrogens with zero attached hydrogens (tertiary/aromatic N) is 1. The van der Waals surface area contributed by atoms with Gasteiger partial charge >= 0.3 is 6.05 Å². The fourth-order valence-corrected chi connectivity index (χ4v) is 3.77. The Kier molecular flexibility index (Phi) is 3.56. The second-order valence-electron chi connectivity index (χ2n) is 5.29. The van der Waals surface area contributed by atoms with Crippen LogP contribution in [-0.2, 0) is 5.00 Å². The van der Waals surface area contributed by atoms with Gasteiger partial charge in [-0.1, -0.05) is 60.3 Å². The maximum Gasteiger partial charge on any atom is 0.391 e. The fourth-order valence-electron chi connectivity index (χ4n) is 2.50. The van der Waals surface area contributed by atoms with E-state index in [0.29, 0.717) is 22.9 Å². The molecule has 0 aromatic heterocycles. The van der Waals surface area contributed by atoms with Gasteiger partial charge in [0.2, 0.25) is 0 Å². The van der Waals surface area contributed by atoms with Gasteiger partial charge in [-0.2, -0.15) is 8.78 Å². The minimum atomic E-state index is -3.80. The van der Waals surface area contributed by atoms with Crippen molar-refractivity contribution in [2.45, 2.75) is 24.9 Å². The van der Waals surface area contributed by atoms with E-state index in [1.54, 1.807) is 56.3 Å². The summed E-state index contributed by atoms with van der Waals surface area (Å²) in [5.41, 5.74) is 1.79. The number of rotatable bonds is 2. The standard InChI is InChI=1S/C17H14F3NS/c1-11-7-3-5-9-13(11)15-21-17(19,20)16(18,22-15)14-10-6-4-8-12(14)2/h3-10H,1-2H3. The molecule has 1 aliphatic rings. The lowest BCUT2D eigenvalue weighted by Gasteiger charge is -2.25. The Balaban J connectivity index is 2.09. The second-order valence-corrected chi connectivity index (χ2v) is 6.44. The molecule has 2 aromatic carbocycles. The Morgan fingerprint density at radius 3 is 2.09 bits per heavy atom. The molecule has 3 rings (SSSR count). The third-order valence-electron chi connectivity index (χ3n) is 3.73. The zero-order valence-electron chi connectivity index (χ0n) is 12.1. The Hall–Kier alpha value is -1.75. The summed E-state index contributed by atoms with van der Waals surface area (Å²) < 4.78 is 43.9. The first kappa shape index (κ1) is 15.2. The first-order chi connectivity index (χ1) is 10.3. The summed E-state index contributed by atoms with van der Waals surface area (Å²) in [5.74, 6) is 0. The lowest BCUT2D eigenvalue weighted by molar-refractivity contribution is -0.0817. The molecule has 114 valence electrons. The first-order valence-corrected chi connectivity index (χ1v) is 7.64. The van der Waals surface area contributed by atoms with E-state index in [1.165, 1.54) is 6.07 Å². The van der Waals surface area contributed by atoms with Gasteiger partial charge in [-0.3, -0.25) is 0 Å². The predicted octanol–water partition coefficient (Wildman–Crippen LogP) is 5.21. The molecule has 0 radical (unpaired) electrons. The van der Waals surface area contributed by atoms with E-state index in [1.807, 2.05) is 0 Å². The quantitative estimate of drug-likeness (QED) is 0.692. The van der Waals surface area contributed by atoms with E-state index < -0.39 is 11.0 Å². The van der Waals surface area contributed by atoms with Crippen LogP contribution in [0.5, 0.6) is 0 Å². The van der Waals surface area contributed by atoms with Crippen molar-refractivity contribution in [2.24, 2.45) is 4.99 Å². The summed E-state index contributed by atoms with van der Waals surface area (Å²) in [6.45, 7) is 3.42. The molecule has 1 atom stereocenters. The van der Waals surface area contributed by atoms with Gasteiger partial charge in [0.25, 0.3) is 5.00 Å². The predicted molar refractivity (Wildman–Crippen MR) is 84.2 cm³/mol. The van der Waals surface area contributed by atoms with Crippen LogP contribution in [0.4, 0.5) is 13.2 Å². The normalized spacial score (nSPS) is 23.4. The molecule has 1 heterocycles. The van der Waals surface area contributed by atoms with Crippen molar-refractivity contribution in [2.75, 3.05) is 0 Å². The van der Waals surface area contributed by atoms with Crippen LogP contribution in [0.2, 0.25) is 0 Å². The van der Waals surface area contributed by atoms with Crippen molar-refractivity contribution in [3.63, 3.8) is 0 Å². The topological polar surface area (TPSA) is 12.4 Å². The molecule has 5 heteroatoms. The van der Waals surface area contributed by atoms with E-state index >= 15 is 4.39 Å². The molecule has 0 saturated heterocycles. The molecule has 0 fully saturated rings. The van der Waals surface area contributed by atoms with Crippen LogP contribution in [0.15, 0.2) is 53.5 Å². The van der Waals surface area contributed by atoms with E-state index in [2.05, 4.69) is 4.99 Å². The number of thioether (sulfide) groups is 1. The summed E-state index contributed by atoms with van der Waals surface area (Å²) >= 11 is 0.488. The number of benzene rings is 2. The molecule has 1 aliphatic heterocycles. The average molecular weight is 321 g/mol. The number of aryl methyl sites for hydroxylation is 2. The third-order valence-corrected chi connectivity index (χ3v) is 4.98. The molecule has 2 aromatic rings. The average Bonchev–Trinajstić information content (AvgIpc) is 2.71. The van der Waals surface area contributed by atoms with E-state index in [4.69, 9.17) is 0 Å².